The average molecular weight is 381 g/mol. The van der Waals surface area contributed by atoms with Gasteiger partial charge in [-0.3, -0.25) is 4.68 Å². The van der Waals surface area contributed by atoms with Crippen LogP contribution in [0, 0.1) is 11.3 Å². The molecule has 0 saturated heterocycles. The van der Waals surface area contributed by atoms with Gasteiger partial charge in [-0.05, 0) is 30.4 Å². The first-order valence-electron chi connectivity index (χ1n) is 9.64. The van der Waals surface area contributed by atoms with E-state index in [0.29, 0.717) is 31.9 Å². The Bertz CT molecular complexity index is 885. The van der Waals surface area contributed by atoms with Crippen LogP contribution in [0.1, 0.15) is 43.6 Å². The van der Waals surface area contributed by atoms with Gasteiger partial charge in [0.05, 0.1) is 25.9 Å². The standard InChI is InChI=1S/C21H27N5O2/c1-4-21(2,18-7-5-6-8-19(18)28-3)9-10-23-20(27)25-11-12-26-17(15-25)13-16(14-22)24-26/h5-8,13H,4,9-12,15H2,1-3H3,(H,23,27). The van der Waals surface area contributed by atoms with Gasteiger partial charge in [0.15, 0.2) is 5.69 Å². The predicted molar refractivity (Wildman–Crippen MR) is 106 cm³/mol. The number of nitrogens with zero attached hydrogens (tertiary/aromatic N) is 4. The molecular formula is C21H27N5O2. The van der Waals surface area contributed by atoms with Crippen molar-refractivity contribution in [3.8, 4) is 11.8 Å². The number of ether oxygens (including phenoxy) is 1. The third-order valence-electron chi connectivity index (χ3n) is 5.69. The lowest BCUT2D eigenvalue weighted by Gasteiger charge is -2.32. The normalized spacial score (nSPS) is 15.3. The van der Waals surface area contributed by atoms with Crippen molar-refractivity contribution >= 4 is 6.03 Å². The summed E-state index contributed by atoms with van der Waals surface area (Å²) in [5.74, 6) is 0.885. The zero-order chi connectivity index (χ0) is 20.1. The fourth-order valence-corrected chi connectivity index (χ4v) is 3.70. The molecule has 7 nitrogen and oxygen atoms in total. The van der Waals surface area contributed by atoms with Gasteiger partial charge in [-0.1, -0.05) is 32.0 Å². The Kier molecular flexibility index (Phi) is 5.88. The number of carbonyl (C=O) groups is 1. The number of aromatic nitrogens is 2. The molecule has 1 unspecified atom stereocenters. The third kappa shape index (κ3) is 3.96. The highest BCUT2D eigenvalue weighted by Gasteiger charge is 2.28. The maximum atomic E-state index is 12.6. The van der Waals surface area contributed by atoms with Crippen LogP contribution in [0.4, 0.5) is 4.79 Å². The monoisotopic (exact) mass is 381 g/mol. The van der Waals surface area contributed by atoms with Crippen molar-refractivity contribution in [1.29, 1.82) is 5.26 Å². The molecule has 28 heavy (non-hydrogen) atoms. The first-order valence-corrected chi connectivity index (χ1v) is 9.64. The second kappa shape index (κ2) is 8.34. The van der Waals surface area contributed by atoms with Gasteiger partial charge in [0.2, 0.25) is 0 Å². The molecule has 0 aliphatic carbocycles. The number of nitriles is 1. The van der Waals surface area contributed by atoms with Crippen LogP contribution in [-0.2, 0) is 18.5 Å². The number of urea groups is 1. The second-order valence-corrected chi connectivity index (χ2v) is 7.37. The van der Waals surface area contributed by atoms with E-state index in [1.54, 1.807) is 22.8 Å². The maximum Gasteiger partial charge on any atom is 0.317 e. The summed E-state index contributed by atoms with van der Waals surface area (Å²) in [6, 6.07) is 11.8. The van der Waals surface area contributed by atoms with E-state index < -0.39 is 0 Å². The van der Waals surface area contributed by atoms with Crippen LogP contribution in [-0.4, -0.2) is 40.9 Å². The van der Waals surface area contributed by atoms with E-state index in [1.807, 2.05) is 24.3 Å². The molecule has 0 radical (unpaired) electrons. The van der Waals surface area contributed by atoms with Gasteiger partial charge in [0.1, 0.15) is 11.8 Å². The second-order valence-electron chi connectivity index (χ2n) is 7.37. The number of hydrogen-bond donors (Lipinski definition) is 1. The highest BCUT2D eigenvalue weighted by atomic mass is 16.5. The Morgan fingerprint density at radius 1 is 1.39 bits per heavy atom. The van der Waals surface area contributed by atoms with Crippen molar-refractivity contribution in [2.24, 2.45) is 0 Å². The number of fused-ring (bicyclic) bond motifs is 1. The Morgan fingerprint density at radius 3 is 2.89 bits per heavy atom. The Morgan fingerprint density at radius 2 is 2.18 bits per heavy atom. The number of para-hydroxylation sites is 1. The molecule has 1 aromatic carbocycles. The smallest absolute Gasteiger partial charge is 0.317 e. The largest absolute Gasteiger partial charge is 0.496 e. The first kappa shape index (κ1) is 19.7. The molecule has 0 fully saturated rings. The van der Waals surface area contributed by atoms with Gasteiger partial charge in [0.25, 0.3) is 0 Å². The zero-order valence-corrected chi connectivity index (χ0v) is 16.7. The van der Waals surface area contributed by atoms with Crippen molar-refractivity contribution in [2.45, 2.75) is 45.2 Å². The summed E-state index contributed by atoms with van der Waals surface area (Å²) in [4.78, 5) is 14.4. The number of rotatable bonds is 6. The van der Waals surface area contributed by atoms with Crippen LogP contribution >= 0.6 is 0 Å². The number of hydrogen-bond acceptors (Lipinski definition) is 4. The maximum absolute atomic E-state index is 12.6. The highest BCUT2D eigenvalue weighted by molar-refractivity contribution is 5.74. The number of carbonyl (C=O) groups excluding carboxylic acids is 1. The minimum absolute atomic E-state index is 0.0792. The molecule has 0 spiro atoms. The third-order valence-corrected chi connectivity index (χ3v) is 5.69. The van der Waals surface area contributed by atoms with Crippen molar-refractivity contribution in [2.75, 3.05) is 20.2 Å². The molecule has 1 atom stereocenters. The molecule has 1 aliphatic heterocycles. The van der Waals surface area contributed by atoms with Crippen molar-refractivity contribution in [3.05, 3.63) is 47.3 Å². The summed E-state index contributed by atoms with van der Waals surface area (Å²) in [6.45, 7) is 6.62. The molecule has 7 heteroatoms. The Hall–Kier alpha value is -3.01. The van der Waals surface area contributed by atoms with Gasteiger partial charge in [-0.25, -0.2) is 4.79 Å². The lowest BCUT2D eigenvalue weighted by Crippen LogP contribution is -2.45. The van der Waals surface area contributed by atoms with Crippen molar-refractivity contribution in [1.82, 2.24) is 20.0 Å². The minimum Gasteiger partial charge on any atom is -0.496 e. The molecule has 1 aromatic heterocycles. The Labute approximate surface area is 165 Å². The minimum atomic E-state index is -0.0813. The van der Waals surface area contributed by atoms with Gasteiger partial charge in [0, 0.05) is 18.7 Å². The summed E-state index contributed by atoms with van der Waals surface area (Å²) in [5, 5.41) is 16.2. The van der Waals surface area contributed by atoms with Crippen LogP contribution in [0.15, 0.2) is 30.3 Å². The Balaban J connectivity index is 1.59. The van der Waals surface area contributed by atoms with Gasteiger partial charge < -0.3 is 15.0 Å². The topological polar surface area (TPSA) is 83.2 Å². The molecule has 0 bridgehead atoms. The van der Waals surface area contributed by atoms with Gasteiger partial charge in [-0.15, -0.1) is 0 Å². The molecule has 1 aliphatic rings. The SMILES string of the molecule is CCC(C)(CCNC(=O)N1CCn2nc(C#N)cc2C1)c1ccccc1OC. The van der Waals surface area contributed by atoms with Gasteiger partial charge in [-0.2, -0.15) is 10.4 Å². The van der Waals surface area contributed by atoms with Crippen LogP contribution in [0.5, 0.6) is 5.75 Å². The van der Waals surface area contributed by atoms with Crippen LogP contribution in [0.2, 0.25) is 0 Å². The van der Waals surface area contributed by atoms with E-state index in [-0.39, 0.29) is 11.4 Å². The van der Waals surface area contributed by atoms with Gasteiger partial charge >= 0.3 is 6.03 Å². The van der Waals surface area contributed by atoms with E-state index in [1.165, 1.54) is 5.56 Å². The van der Waals surface area contributed by atoms with Crippen molar-refractivity contribution in [3.63, 3.8) is 0 Å². The molecule has 3 rings (SSSR count). The van der Waals surface area contributed by atoms with E-state index in [4.69, 9.17) is 10.00 Å². The van der Waals surface area contributed by atoms with E-state index in [2.05, 4.69) is 30.3 Å². The van der Waals surface area contributed by atoms with E-state index in [0.717, 1.165) is 24.3 Å². The quantitative estimate of drug-likeness (QED) is 0.834. The molecule has 0 saturated carbocycles. The predicted octanol–water partition coefficient (Wildman–Crippen LogP) is 3.05. The summed E-state index contributed by atoms with van der Waals surface area (Å²) < 4.78 is 7.34. The van der Waals surface area contributed by atoms with Crippen LogP contribution < -0.4 is 10.1 Å². The number of nitrogens with one attached hydrogen (secondary N) is 1. The van der Waals surface area contributed by atoms with E-state index in [9.17, 15) is 4.79 Å². The van der Waals surface area contributed by atoms with Crippen molar-refractivity contribution < 1.29 is 9.53 Å². The lowest BCUT2D eigenvalue weighted by atomic mass is 9.77. The summed E-state index contributed by atoms with van der Waals surface area (Å²) >= 11 is 0. The summed E-state index contributed by atoms with van der Waals surface area (Å²) in [7, 11) is 1.69. The average Bonchev–Trinajstić information content (AvgIpc) is 3.16. The van der Waals surface area contributed by atoms with Crippen LogP contribution in [0.3, 0.4) is 0 Å². The summed E-state index contributed by atoms with van der Waals surface area (Å²) in [5.41, 5.74) is 2.38. The highest BCUT2D eigenvalue weighted by Crippen LogP contribution is 2.36. The number of benzene rings is 1. The molecule has 1 N–H and O–H groups in total. The fourth-order valence-electron chi connectivity index (χ4n) is 3.70. The van der Waals surface area contributed by atoms with Crippen LogP contribution in [0.25, 0.3) is 0 Å². The first-order chi connectivity index (χ1) is 13.5. The zero-order valence-electron chi connectivity index (χ0n) is 16.7. The fraction of sp³-hybridized carbons (Fsp3) is 0.476. The molecule has 148 valence electrons. The van der Waals surface area contributed by atoms with E-state index >= 15 is 0 Å². The summed E-state index contributed by atoms with van der Waals surface area (Å²) in [6.07, 6.45) is 1.77. The molecular weight excluding hydrogens is 354 g/mol. The number of methoxy groups -OCH3 is 1. The molecule has 2 aromatic rings. The number of amides is 2. The molecule has 2 heterocycles. The molecule has 2 amide bonds. The lowest BCUT2D eigenvalue weighted by molar-refractivity contribution is 0.180.